The Morgan fingerprint density at radius 1 is 1.40 bits per heavy atom. The van der Waals surface area contributed by atoms with Crippen LogP contribution in [0, 0.1) is 17.7 Å². The smallest absolute Gasteiger partial charge is 0.259 e. The maximum absolute atomic E-state index is 14.3. The van der Waals surface area contributed by atoms with Gasteiger partial charge in [-0.25, -0.2) is 13.9 Å². The molecule has 3 aliphatic rings. The number of nitrogens with zero attached hydrogens (tertiary/aromatic N) is 5. The number of amides is 1. The number of nitrogens with one attached hydrogen (secondary N) is 1. The molecule has 3 aromatic rings. The van der Waals surface area contributed by atoms with Crippen LogP contribution < -0.4 is 16.0 Å². The van der Waals surface area contributed by atoms with Gasteiger partial charge in [0.05, 0.1) is 24.0 Å². The van der Waals surface area contributed by atoms with Crippen molar-refractivity contribution >= 4 is 28.8 Å². The number of aromatic nitrogens is 4. The predicted octanol–water partition coefficient (Wildman–Crippen LogP) is 2.19. The molecule has 2 aliphatic heterocycles. The number of rotatable bonds is 0. The molecule has 0 aromatic carbocycles. The number of nitrogen functional groups attached to an aromatic ring is 1. The number of anilines is 2. The molecule has 9 heteroatoms. The fourth-order valence-electron chi connectivity index (χ4n) is 4.92. The van der Waals surface area contributed by atoms with E-state index in [1.165, 1.54) is 10.7 Å². The fourth-order valence-corrected chi connectivity index (χ4v) is 4.92. The summed E-state index contributed by atoms with van der Waals surface area (Å²) in [5.41, 5.74) is 8.73. The van der Waals surface area contributed by atoms with Crippen molar-refractivity contribution in [1.82, 2.24) is 24.9 Å². The lowest BCUT2D eigenvalue weighted by molar-refractivity contribution is 0.0950. The van der Waals surface area contributed by atoms with Gasteiger partial charge in [0.1, 0.15) is 17.2 Å². The molecule has 3 aromatic heterocycles. The van der Waals surface area contributed by atoms with Crippen molar-refractivity contribution in [3.05, 3.63) is 53.7 Å². The SMILES string of the molecule is C=C1c2ncc(F)cc2C2C3CC3CN2c2ccn3nc(N)c(c3n2)C(=O)N[C@@H]1C. The second-order valence-corrected chi connectivity index (χ2v) is 8.38. The third-order valence-electron chi connectivity index (χ3n) is 6.55. The zero-order valence-corrected chi connectivity index (χ0v) is 16.3. The summed E-state index contributed by atoms with van der Waals surface area (Å²) in [7, 11) is 0. The number of carbonyl (C=O) groups excluding carboxylic acids is 1. The van der Waals surface area contributed by atoms with Gasteiger partial charge in [0.2, 0.25) is 0 Å². The van der Waals surface area contributed by atoms with E-state index in [0.29, 0.717) is 34.6 Å². The van der Waals surface area contributed by atoms with E-state index in [1.54, 1.807) is 12.3 Å². The van der Waals surface area contributed by atoms with E-state index in [-0.39, 0.29) is 29.1 Å². The third-order valence-corrected chi connectivity index (χ3v) is 6.55. The van der Waals surface area contributed by atoms with Gasteiger partial charge in [-0.2, -0.15) is 0 Å². The fraction of sp³-hybridized carbons (Fsp3) is 0.333. The highest BCUT2D eigenvalue weighted by Crippen LogP contribution is 2.58. The van der Waals surface area contributed by atoms with Gasteiger partial charge in [-0.1, -0.05) is 6.58 Å². The second-order valence-electron chi connectivity index (χ2n) is 8.38. The number of piperidine rings is 1. The minimum atomic E-state index is -0.434. The van der Waals surface area contributed by atoms with Gasteiger partial charge in [-0.05, 0) is 42.9 Å². The molecule has 5 heterocycles. The number of hydrogen-bond acceptors (Lipinski definition) is 6. The number of fused-ring (bicyclic) bond motifs is 7. The lowest BCUT2D eigenvalue weighted by Gasteiger charge is -2.31. The molecule has 1 aliphatic carbocycles. The minimum absolute atomic E-state index is 0.0500. The Kier molecular flexibility index (Phi) is 3.35. The average molecular weight is 405 g/mol. The zero-order valence-electron chi connectivity index (χ0n) is 16.3. The minimum Gasteiger partial charge on any atom is -0.381 e. The van der Waals surface area contributed by atoms with E-state index >= 15 is 0 Å². The van der Waals surface area contributed by atoms with Crippen LogP contribution in [0.1, 0.15) is 41.0 Å². The summed E-state index contributed by atoms with van der Waals surface area (Å²) in [4.78, 5) is 24.3. The first kappa shape index (κ1) is 17.4. The third kappa shape index (κ3) is 2.31. The van der Waals surface area contributed by atoms with Gasteiger partial charge in [0.25, 0.3) is 5.91 Å². The molecular formula is C21H20FN7O. The molecule has 1 amide bonds. The lowest BCUT2D eigenvalue weighted by atomic mass is 9.94. The monoisotopic (exact) mass is 405 g/mol. The van der Waals surface area contributed by atoms with E-state index in [0.717, 1.165) is 18.5 Å². The van der Waals surface area contributed by atoms with Crippen LogP contribution in [0.15, 0.2) is 31.1 Å². The number of hydrogen-bond donors (Lipinski definition) is 2. The summed E-state index contributed by atoms with van der Waals surface area (Å²) >= 11 is 0. The average Bonchev–Trinajstić information content (AvgIpc) is 3.24. The Hall–Kier alpha value is -3.49. The molecule has 0 radical (unpaired) electrons. The van der Waals surface area contributed by atoms with Crippen LogP contribution in [0.3, 0.4) is 0 Å². The van der Waals surface area contributed by atoms with Gasteiger partial charge in [-0.3, -0.25) is 9.78 Å². The van der Waals surface area contributed by atoms with Crippen molar-refractivity contribution in [3.63, 3.8) is 0 Å². The largest absolute Gasteiger partial charge is 0.381 e. The maximum atomic E-state index is 14.3. The molecule has 8 nitrogen and oxygen atoms in total. The van der Waals surface area contributed by atoms with Crippen LogP contribution in [0.5, 0.6) is 0 Å². The zero-order chi connectivity index (χ0) is 20.7. The van der Waals surface area contributed by atoms with E-state index in [2.05, 4.69) is 26.9 Å². The predicted molar refractivity (Wildman–Crippen MR) is 109 cm³/mol. The van der Waals surface area contributed by atoms with E-state index in [1.807, 2.05) is 13.0 Å². The Morgan fingerprint density at radius 3 is 3.07 bits per heavy atom. The quantitative estimate of drug-likeness (QED) is 0.595. The highest BCUT2D eigenvalue weighted by atomic mass is 19.1. The molecule has 152 valence electrons. The molecule has 1 saturated carbocycles. The Bertz CT molecular complexity index is 1250. The normalized spacial score (nSPS) is 27.2. The molecule has 2 fully saturated rings. The second kappa shape index (κ2) is 5.78. The van der Waals surface area contributed by atoms with E-state index in [9.17, 15) is 9.18 Å². The molecule has 3 N–H and O–H groups in total. The van der Waals surface area contributed by atoms with Gasteiger partial charge < -0.3 is 16.0 Å². The summed E-state index contributed by atoms with van der Waals surface area (Å²) in [6.07, 6.45) is 4.06. The van der Waals surface area contributed by atoms with Crippen molar-refractivity contribution in [2.45, 2.75) is 25.4 Å². The molecule has 3 unspecified atom stereocenters. The molecule has 1 saturated heterocycles. The number of pyridine rings is 1. The van der Waals surface area contributed by atoms with Crippen LogP contribution in [0.4, 0.5) is 16.0 Å². The molecule has 6 rings (SSSR count). The van der Waals surface area contributed by atoms with Gasteiger partial charge in [-0.15, -0.1) is 5.10 Å². The van der Waals surface area contributed by atoms with Crippen molar-refractivity contribution < 1.29 is 9.18 Å². The Balaban J connectivity index is 1.62. The summed E-state index contributed by atoms with van der Waals surface area (Å²) in [6, 6.07) is 2.92. The molecule has 2 bridgehead atoms. The maximum Gasteiger partial charge on any atom is 0.259 e. The Morgan fingerprint density at radius 2 is 2.23 bits per heavy atom. The topological polar surface area (TPSA) is 101 Å². The van der Waals surface area contributed by atoms with Gasteiger partial charge >= 0.3 is 0 Å². The molecule has 0 spiro atoms. The number of nitrogens with two attached hydrogens (primary N) is 1. The summed E-state index contributed by atoms with van der Waals surface area (Å²) in [5, 5.41) is 7.15. The lowest BCUT2D eigenvalue weighted by Crippen LogP contribution is -2.35. The van der Waals surface area contributed by atoms with Crippen LogP contribution in [-0.2, 0) is 0 Å². The summed E-state index contributed by atoms with van der Waals surface area (Å²) < 4.78 is 15.8. The number of halogens is 1. The standard InChI is InChI=1S/C21H20FN7O/c1-9-10(2)25-21(30)16-19(23)27-29-4-3-15(26-20(16)29)28-8-11-5-13(11)18(28)14-6-12(22)7-24-17(9)14/h3-4,6-7,10-11,13,18H,1,5,8H2,2H3,(H2,23,27)(H,25,30)/t10-,11?,13?,18?/m1/s1. The van der Waals surface area contributed by atoms with Crippen molar-refractivity contribution in [1.29, 1.82) is 0 Å². The summed E-state index contributed by atoms with van der Waals surface area (Å²) in [6.45, 7) is 6.83. The van der Waals surface area contributed by atoms with E-state index < -0.39 is 6.04 Å². The molecule has 4 atom stereocenters. The van der Waals surface area contributed by atoms with E-state index in [4.69, 9.17) is 10.7 Å². The highest BCUT2D eigenvalue weighted by molar-refractivity contribution is 6.05. The van der Waals surface area contributed by atoms with Crippen LogP contribution in [0.25, 0.3) is 11.2 Å². The number of carbonyl (C=O) groups is 1. The summed E-state index contributed by atoms with van der Waals surface area (Å²) in [5.74, 6) is 1.01. The molecule has 30 heavy (non-hydrogen) atoms. The van der Waals surface area contributed by atoms with Crippen LogP contribution in [0.2, 0.25) is 0 Å². The molecular weight excluding hydrogens is 385 g/mol. The van der Waals surface area contributed by atoms with Crippen LogP contribution >= 0.6 is 0 Å². The first-order valence-electron chi connectivity index (χ1n) is 9.99. The van der Waals surface area contributed by atoms with Crippen molar-refractivity contribution in [2.75, 3.05) is 17.2 Å². The van der Waals surface area contributed by atoms with Gasteiger partial charge in [0.15, 0.2) is 11.5 Å². The Labute approximate surface area is 171 Å². The first-order chi connectivity index (χ1) is 14.4. The highest BCUT2D eigenvalue weighted by Gasteiger charge is 2.54. The van der Waals surface area contributed by atoms with Crippen molar-refractivity contribution in [2.24, 2.45) is 11.8 Å². The van der Waals surface area contributed by atoms with Gasteiger partial charge in [0, 0.05) is 18.3 Å². The van der Waals surface area contributed by atoms with Crippen LogP contribution in [-0.4, -0.2) is 38.1 Å². The first-order valence-corrected chi connectivity index (χ1v) is 9.99. The van der Waals surface area contributed by atoms with Crippen molar-refractivity contribution in [3.8, 4) is 0 Å².